The van der Waals surface area contributed by atoms with Crippen LogP contribution in [0.1, 0.15) is 11.1 Å². The van der Waals surface area contributed by atoms with E-state index in [1.54, 1.807) is 0 Å². The van der Waals surface area contributed by atoms with E-state index in [1.807, 2.05) is 30.3 Å². The highest BCUT2D eigenvalue weighted by Crippen LogP contribution is 2.09. The van der Waals surface area contributed by atoms with Crippen molar-refractivity contribution in [2.45, 2.75) is 19.4 Å². The molecule has 0 aliphatic carbocycles. The van der Waals surface area contributed by atoms with E-state index in [0.29, 0.717) is 18.5 Å². The molecule has 1 unspecified atom stereocenters. The summed E-state index contributed by atoms with van der Waals surface area (Å²) in [7, 11) is 4.15. The Hall–Kier alpha value is -2.33. The fraction of sp³-hybridized carbons (Fsp3) is 0.316. The van der Waals surface area contributed by atoms with Crippen molar-refractivity contribution in [1.29, 1.82) is 0 Å². The Balaban J connectivity index is 1.95. The summed E-state index contributed by atoms with van der Waals surface area (Å²) in [4.78, 5) is 6.69. The van der Waals surface area contributed by atoms with E-state index in [2.05, 4.69) is 60.5 Å². The van der Waals surface area contributed by atoms with Crippen LogP contribution in [0.4, 0.5) is 5.69 Å². The first-order valence-electron chi connectivity index (χ1n) is 7.88. The minimum absolute atomic E-state index is 0.316. The maximum atomic E-state index is 6.01. The summed E-state index contributed by atoms with van der Waals surface area (Å²) in [6.45, 7) is 2.72. The monoisotopic (exact) mass is 310 g/mol. The van der Waals surface area contributed by atoms with E-state index in [1.165, 1.54) is 11.1 Å². The van der Waals surface area contributed by atoms with Gasteiger partial charge in [0.2, 0.25) is 0 Å². The van der Waals surface area contributed by atoms with Crippen LogP contribution in [-0.2, 0) is 6.42 Å². The van der Waals surface area contributed by atoms with E-state index in [9.17, 15) is 0 Å². The van der Waals surface area contributed by atoms with Crippen LogP contribution in [0.5, 0.6) is 0 Å². The lowest BCUT2D eigenvalue weighted by molar-refractivity contribution is 0.298. The van der Waals surface area contributed by atoms with Crippen LogP contribution in [0.3, 0.4) is 0 Å². The highest BCUT2D eigenvalue weighted by atomic mass is 15.1. The number of nitrogens with one attached hydrogen (secondary N) is 1. The second-order valence-corrected chi connectivity index (χ2v) is 6.02. The lowest BCUT2D eigenvalue weighted by atomic mass is 10.1. The van der Waals surface area contributed by atoms with E-state index in [4.69, 9.17) is 5.73 Å². The minimum Gasteiger partial charge on any atom is -0.370 e. The van der Waals surface area contributed by atoms with Crippen molar-refractivity contribution >= 4 is 11.6 Å². The topological polar surface area (TPSA) is 53.6 Å². The Morgan fingerprint density at radius 2 is 1.74 bits per heavy atom. The third kappa shape index (κ3) is 5.75. The van der Waals surface area contributed by atoms with Crippen LogP contribution in [0.25, 0.3) is 0 Å². The van der Waals surface area contributed by atoms with Crippen molar-refractivity contribution in [1.82, 2.24) is 4.90 Å². The van der Waals surface area contributed by atoms with Crippen molar-refractivity contribution in [3.8, 4) is 0 Å². The van der Waals surface area contributed by atoms with E-state index >= 15 is 0 Å². The standard InChI is InChI=1S/C19H26N4/c1-15-9-11-17(12-10-15)22-19(20)21-14-18(23(2)3)13-16-7-5-4-6-8-16/h4-12,18H,13-14H2,1-3H3,(H3,20,21,22). The molecule has 23 heavy (non-hydrogen) atoms. The van der Waals surface area contributed by atoms with E-state index in [0.717, 1.165) is 12.1 Å². The largest absolute Gasteiger partial charge is 0.370 e. The second kappa shape index (κ2) is 8.34. The first kappa shape index (κ1) is 17.0. The zero-order chi connectivity index (χ0) is 16.7. The average Bonchev–Trinajstić information content (AvgIpc) is 2.54. The first-order chi connectivity index (χ1) is 11.0. The van der Waals surface area contributed by atoms with Gasteiger partial charge in [0.1, 0.15) is 0 Å². The van der Waals surface area contributed by atoms with Crippen LogP contribution >= 0.6 is 0 Å². The third-order valence-corrected chi connectivity index (χ3v) is 3.84. The molecule has 1 atom stereocenters. The molecule has 0 saturated carbocycles. The number of rotatable bonds is 6. The van der Waals surface area contributed by atoms with Gasteiger partial charge in [-0.05, 0) is 45.1 Å². The molecular weight excluding hydrogens is 284 g/mol. The van der Waals surface area contributed by atoms with Gasteiger partial charge in [-0.15, -0.1) is 0 Å². The number of nitrogens with zero attached hydrogens (tertiary/aromatic N) is 2. The SMILES string of the molecule is Cc1ccc(NC(N)=NCC(Cc2ccccc2)N(C)C)cc1. The average molecular weight is 310 g/mol. The van der Waals surface area contributed by atoms with Gasteiger partial charge in [-0.3, -0.25) is 4.99 Å². The molecule has 0 fully saturated rings. The zero-order valence-corrected chi connectivity index (χ0v) is 14.2. The summed E-state index contributed by atoms with van der Waals surface area (Å²) in [5.74, 6) is 0.453. The molecule has 0 radical (unpaired) electrons. The Labute approximate surface area is 139 Å². The molecule has 0 spiro atoms. The third-order valence-electron chi connectivity index (χ3n) is 3.84. The van der Waals surface area contributed by atoms with Crippen LogP contribution in [0.2, 0.25) is 0 Å². The lowest BCUT2D eigenvalue weighted by Crippen LogP contribution is -2.34. The predicted octanol–water partition coefficient (Wildman–Crippen LogP) is 2.89. The highest BCUT2D eigenvalue weighted by molar-refractivity contribution is 5.92. The van der Waals surface area contributed by atoms with Gasteiger partial charge >= 0.3 is 0 Å². The molecule has 0 amide bonds. The van der Waals surface area contributed by atoms with Crippen LogP contribution < -0.4 is 11.1 Å². The van der Waals surface area contributed by atoms with Gasteiger partial charge < -0.3 is 16.0 Å². The van der Waals surface area contributed by atoms with Gasteiger partial charge in [-0.1, -0.05) is 48.0 Å². The van der Waals surface area contributed by atoms with Crippen molar-refractivity contribution < 1.29 is 0 Å². The predicted molar refractivity (Wildman–Crippen MR) is 98.9 cm³/mol. The number of benzene rings is 2. The summed E-state index contributed by atoms with van der Waals surface area (Å²) in [6.07, 6.45) is 0.954. The molecule has 4 heteroatoms. The number of aryl methyl sites for hydroxylation is 1. The van der Waals surface area contributed by atoms with Crippen molar-refractivity contribution in [2.24, 2.45) is 10.7 Å². The minimum atomic E-state index is 0.316. The maximum Gasteiger partial charge on any atom is 0.193 e. The summed E-state index contributed by atoms with van der Waals surface area (Å²) in [6, 6.07) is 18.9. The zero-order valence-electron chi connectivity index (χ0n) is 14.2. The van der Waals surface area contributed by atoms with Gasteiger partial charge in [-0.25, -0.2) is 0 Å². The molecule has 122 valence electrons. The Morgan fingerprint density at radius 1 is 1.09 bits per heavy atom. The lowest BCUT2D eigenvalue weighted by Gasteiger charge is -2.23. The molecule has 0 bridgehead atoms. The van der Waals surface area contributed by atoms with Crippen LogP contribution in [-0.4, -0.2) is 37.5 Å². The van der Waals surface area contributed by atoms with E-state index < -0.39 is 0 Å². The molecule has 2 aromatic rings. The normalized spacial score (nSPS) is 13.1. The molecule has 3 N–H and O–H groups in total. The number of guanidine groups is 1. The quantitative estimate of drug-likeness (QED) is 0.637. The summed E-state index contributed by atoms with van der Waals surface area (Å²) in [5, 5.41) is 3.14. The number of anilines is 1. The highest BCUT2D eigenvalue weighted by Gasteiger charge is 2.11. The van der Waals surface area contributed by atoms with Crippen molar-refractivity contribution in [2.75, 3.05) is 26.0 Å². The molecule has 0 aliphatic rings. The second-order valence-electron chi connectivity index (χ2n) is 6.02. The number of hydrogen-bond acceptors (Lipinski definition) is 2. The van der Waals surface area contributed by atoms with Gasteiger partial charge in [-0.2, -0.15) is 0 Å². The summed E-state index contributed by atoms with van der Waals surface area (Å²) >= 11 is 0. The van der Waals surface area contributed by atoms with Crippen molar-refractivity contribution in [3.63, 3.8) is 0 Å². The fourth-order valence-corrected chi connectivity index (χ4v) is 2.32. The molecule has 0 saturated heterocycles. The van der Waals surface area contributed by atoms with Crippen LogP contribution in [0.15, 0.2) is 59.6 Å². The van der Waals surface area contributed by atoms with Crippen LogP contribution in [0, 0.1) is 6.92 Å². The fourth-order valence-electron chi connectivity index (χ4n) is 2.32. The molecule has 0 aromatic heterocycles. The van der Waals surface area contributed by atoms with Gasteiger partial charge in [0.25, 0.3) is 0 Å². The Bertz CT molecular complexity index is 618. The maximum absolute atomic E-state index is 6.01. The molecular formula is C19H26N4. The number of nitrogens with two attached hydrogens (primary N) is 1. The summed E-state index contributed by atoms with van der Waals surface area (Å²) < 4.78 is 0. The molecule has 4 nitrogen and oxygen atoms in total. The Morgan fingerprint density at radius 3 is 2.35 bits per heavy atom. The van der Waals surface area contributed by atoms with Crippen molar-refractivity contribution in [3.05, 3.63) is 65.7 Å². The molecule has 2 rings (SSSR count). The molecule has 0 heterocycles. The summed E-state index contributed by atoms with van der Waals surface area (Å²) in [5.41, 5.74) is 9.50. The Kier molecular flexibility index (Phi) is 6.18. The number of likely N-dealkylation sites (N-methyl/N-ethyl adjacent to an activating group) is 1. The molecule has 2 aromatic carbocycles. The van der Waals surface area contributed by atoms with Gasteiger partial charge in [0.15, 0.2) is 5.96 Å². The van der Waals surface area contributed by atoms with Gasteiger partial charge in [0.05, 0.1) is 6.54 Å². The van der Waals surface area contributed by atoms with Gasteiger partial charge in [0, 0.05) is 11.7 Å². The van der Waals surface area contributed by atoms with E-state index in [-0.39, 0.29) is 0 Å². The first-order valence-corrected chi connectivity index (χ1v) is 7.88. The number of aliphatic imine (C=N–C) groups is 1. The number of hydrogen-bond donors (Lipinski definition) is 2. The molecule has 0 aliphatic heterocycles. The smallest absolute Gasteiger partial charge is 0.193 e.